The van der Waals surface area contributed by atoms with E-state index < -0.39 is 5.76 Å². The highest BCUT2D eigenvalue weighted by molar-refractivity contribution is 6.32. The second-order valence-electron chi connectivity index (χ2n) is 6.61. The summed E-state index contributed by atoms with van der Waals surface area (Å²) < 4.78 is 11.9. The standard InChI is InChI=1S/C20H20ClN3O4/c1-27-18-12-14(6-7-15(18)21)22-8-10-23(11-9-22)19(25)13-24-16-4-2-3-5-17(16)28-20(24)26/h2-7,12H,8-11,13H2,1H3. The van der Waals surface area contributed by atoms with Crippen molar-refractivity contribution in [3.63, 3.8) is 0 Å². The van der Waals surface area contributed by atoms with Gasteiger partial charge in [-0.05, 0) is 24.3 Å². The minimum Gasteiger partial charge on any atom is -0.495 e. The number of hydrogen-bond acceptors (Lipinski definition) is 5. The Kier molecular flexibility index (Phi) is 5.00. The third-order valence-electron chi connectivity index (χ3n) is 5.00. The topological polar surface area (TPSA) is 67.9 Å². The maximum Gasteiger partial charge on any atom is 0.420 e. The third kappa shape index (κ3) is 3.45. The summed E-state index contributed by atoms with van der Waals surface area (Å²) >= 11 is 6.09. The van der Waals surface area contributed by atoms with Crippen LogP contribution in [0.25, 0.3) is 11.1 Å². The van der Waals surface area contributed by atoms with Crippen molar-refractivity contribution in [2.24, 2.45) is 0 Å². The molecule has 0 unspecified atom stereocenters. The zero-order valence-electron chi connectivity index (χ0n) is 15.4. The van der Waals surface area contributed by atoms with Crippen LogP contribution in [0.1, 0.15) is 0 Å². The van der Waals surface area contributed by atoms with Gasteiger partial charge in [0.2, 0.25) is 5.91 Å². The van der Waals surface area contributed by atoms with E-state index in [0.717, 1.165) is 5.69 Å². The van der Waals surface area contributed by atoms with Crippen molar-refractivity contribution in [2.75, 3.05) is 38.2 Å². The predicted octanol–water partition coefficient (Wildman–Crippen LogP) is 2.61. The van der Waals surface area contributed by atoms with Crippen LogP contribution in [0.3, 0.4) is 0 Å². The van der Waals surface area contributed by atoms with Gasteiger partial charge in [-0.3, -0.25) is 9.36 Å². The molecule has 0 bridgehead atoms. The lowest BCUT2D eigenvalue weighted by atomic mass is 10.2. The van der Waals surface area contributed by atoms with Crippen molar-refractivity contribution in [3.8, 4) is 5.75 Å². The van der Waals surface area contributed by atoms with Crippen molar-refractivity contribution in [1.29, 1.82) is 0 Å². The number of carbonyl (C=O) groups excluding carboxylic acids is 1. The lowest BCUT2D eigenvalue weighted by Gasteiger charge is -2.36. The van der Waals surface area contributed by atoms with Gasteiger partial charge >= 0.3 is 5.76 Å². The Morgan fingerprint density at radius 3 is 2.64 bits per heavy atom. The van der Waals surface area contributed by atoms with E-state index in [1.807, 2.05) is 24.3 Å². The number of hydrogen-bond donors (Lipinski definition) is 0. The van der Waals surface area contributed by atoms with E-state index >= 15 is 0 Å². The fourth-order valence-electron chi connectivity index (χ4n) is 3.46. The first kappa shape index (κ1) is 18.4. The van der Waals surface area contributed by atoms with Crippen LogP contribution >= 0.6 is 11.6 Å². The monoisotopic (exact) mass is 401 g/mol. The molecular formula is C20H20ClN3O4. The van der Waals surface area contributed by atoms with E-state index in [-0.39, 0.29) is 12.5 Å². The maximum absolute atomic E-state index is 12.7. The molecule has 0 N–H and O–H groups in total. The molecule has 0 saturated carbocycles. The van der Waals surface area contributed by atoms with E-state index in [0.29, 0.717) is 48.1 Å². The lowest BCUT2D eigenvalue weighted by Crippen LogP contribution is -2.50. The molecule has 7 nitrogen and oxygen atoms in total. The fraction of sp³-hybridized carbons (Fsp3) is 0.300. The fourth-order valence-corrected chi connectivity index (χ4v) is 3.65. The van der Waals surface area contributed by atoms with Gasteiger partial charge in [0, 0.05) is 37.9 Å². The minimum atomic E-state index is -0.513. The Morgan fingerprint density at radius 2 is 1.89 bits per heavy atom. The molecule has 28 heavy (non-hydrogen) atoms. The van der Waals surface area contributed by atoms with Gasteiger partial charge in [-0.2, -0.15) is 0 Å². The summed E-state index contributed by atoms with van der Waals surface area (Å²) in [5.74, 6) is 0.0207. The number of para-hydroxylation sites is 2. The molecule has 1 fully saturated rings. The zero-order valence-corrected chi connectivity index (χ0v) is 16.2. The molecule has 0 radical (unpaired) electrons. The highest BCUT2D eigenvalue weighted by atomic mass is 35.5. The normalized spacial score (nSPS) is 14.5. The van der Waals surface area contributed by atoms with Crippen LogP contribution < -0.4 is 15.4 Å². The molecule has 2 aromatic carbocycles. The summed E-state index contributed by atoms with van der Waals surface area (Å²) in [4.78, 5) is 28.8. The van der Waals surface area contributed by atoms with Crippen LogP contribution in [0.2, 0.25) is 5.02 Å². The van der Waals surface area contributed by atoms with Gasteiger partial charge in [0.15, 0.2) is 5.58 Å². The number of oxazole rings is 1. The minimum absolute atomic E-state index is 0.0232. The molecule has 1 amide bonds. The maximum atomic E-state index is 12.7. The van der Waals surface area contributed by atoms with E-state index in [9.17, 15) is 9.59 Å². The molecule has 1 aliphatic rings. The Morgan fingerprint density at radius 1 is 1.14 bits per heavy atom. The number of rotatable bonds is 4. The van der Waals surface area contributed by atoms with Crippen molar-refractivity contribution < 1.29 is 13.9 Å². The predicted molar refractivity (Wildman–Crippen MR) is 107 cm³/mol. The molecule has 0 spiro atoms. The van der Waals surface area contributed by atoms with Gasteiger partial charge in [0.25, 0.3) is 0 Å². The quantitative estimate of drug-likeness (QED) is 0.672. The van der Waals surface area contributed by atoms with Gasteiger partial charge in [-0.15, -0.1) is 0 Å². The number of aromatic nitrogens is 1. The lowest BCUT2D eigenvalue weighted by molar-refractivity contribution is -0.132. The smallest absolute Gasteiger partial charge is 0.420 e. The summed E-state index contributed by atoms with van der Waals surface area (Å²) in [7, 11) is 1.59. The van der Waals surface area contributed by atoms with Crippen LogP contribution in [0, 0.1) is 0 Å². The number of piperazine rings is 1. The van der Waals surface area contributed by atoms with Crippen LogP contribution in [0.5, 0.6) is 5.75 Å². The van der Waals surface area contributed by atoms with Crippen molar-refractivity contribution >= 4 is 34.3 Å². The number of nitrogens with zero attached hydrogens (tertiary/aromatic N) is 3. The van der Waals surface area contributed by atoms with Crippen LogP contribution in [-0.4, -0.2) is 48.7 Å². The van der Waals surface area contributed by atoms with E-state index in [1.165, 1.54) is 4.57 Å². The van der Waals surface area contributed by atoms with Crippen molar-refractivity contribution in [3.05, 3.63) is 58.0 Å². The number of carbonyl (C=O) groups is 1. The van der Waals surface area contributed by atoms with Gasteiger partial charge in [0.05, 0.1) is 17.6 Å². The number of benzene rings is 2. The second kappa shape index (κ2) is 7.59. The number of halogens is 1. The van der Waals surface area contributed by atoms with E-state index in [1.54, 1.807) is 30.2 Å². The van der Waals surface area contributed by atoms with Gasteiger partial charge < -0.3 is 19.0 Å². The number of fused-ring (bicyclic) bond motifs is 1. The SMILES string of the molecule is COc1cc(N2CCN(C(=O)Cn3c(=O)oc4ccccc43)CC2)ccc1Cl. The second-order valence-corrected chi connectivity index (χ2v) is 7.02. The van der Waals surface area contributed by atoms with Gasteiger partial charge in [0.1, 0.15) is 12.3 Å². The van der Waals surface area contributed by atoms with Gasteiger partial charge in [-0.25, -0.2) is 4.79 Å². The van der Waals surface area contributed by atoms with Crippen molar-refractivity contribution in [2.45, 2.75) is 6.54 Å². The van der Waals surface area contributed by atoms with E-state index in [4.69, 9.17) is 20.8 Å². The van der Waals surface area contributed by atoms with Crippen molar-refractivity contribution in [1.82, 2.24) is 9.47 Å². The summed E-state index contributed by atoms with van der Waals surface area (Å²) in [6.45, 7) is 2.52. The largest absolute Gasteiger partial charge is 0.495 e. The molecule has 146 valence electrons. The highest BCUT2D eigenvalue weighted by Crippen LogP contribution is 2.29. The number of anilines is 1. The molecule has 1 aliphatic heterocycles. The molecule has 2 heterocycles. The molecular weight excluding hydrogens is 382 g/mol. The molecule has 4 rings (SSSR count). The Bertz CT molecular complexity index is 1070. The highest BCUT2D eigenvalue weighted by Gasteiger charge is 2.23. The number of ether oxygens (including phenoxy) is 1. The van der Waals surface area contributed by atoms with E-state index in [2.05, 4.69) is 4.90 Å². The first-order chi connectivity index (χ1) is 13.6. The average molecular weight is 402 g/mol. The summed E-state index contributed by atoms with van der Waals surface area (Å²) in [5.41, 5.74) is 2.12. The third-order valence-corrected chi connectivity index (χ3v) is 5.31. The van der Waals surface area contributed by atoms with Crippen LogP contribution in [-0.2, 0) is 11.3 Å². The molecule has 1 aromatic heterocycles. The molecule has 0 aliphatic carbocycles. The molecule has 0 atom stereocenters. The molecule has 3 aromatic rings. The zero-order chi connectivity index (χ0) is 19.7. The number of amides is 1. The molecule has 8 heteroatoms. The Balaban J connectivity index is 1.43. The first-order valence-electron chi connectivity index (χ1n) is 9.01. The van der Waals surface area contributed by atoms with Crippen LogP contribution in [0.4, 0.5) is 5.69 Å². The van der Waals surface area contributed by atoms with Crippen LogP contribution in [0.15, 0.2) is 51.7 Å². The Hall–Kier alpha value is -2.93. The molecule has 1 saturated heterocycles. The van der Waals surface area contributed by atoms with Gasteiger partial charge in [-0.1, -0.05) is 23.7 Å². The average Bonchev–Trinajstić information content (AvgIpc) is 3.03. The number of methoxy groups -OCH3 is 1. The summed E-state index contributed by atoms with van der Waals surface area (Å²) in [5, 5.41) is 0.567. The summed E-state index contributed by atoms with van der Waals surface area (Å²) in [6, 6.07) is 12.8. The summed E-state index contributed by atoms with van der Waals surface area (Å²) in [6.07, 6.45) is 0. The first-order valence-corrected chi connectivity index (χ1v) is 9.39. The Labute approximate surface area is 166 Å².